The molecule has 0 aliphatic heterocycles. The molecule has 342 valence electrons. The molecule has 0 saturated heterocycles. The first-order valence-corrected chi connectivity index (χ1v) is 25.7. The van der Waals surface area contributed by atoms with Crippen LogP contribution in [-0.4, -0.2) is 9.97 Å². The Bertz CT molecular complexity index is 4340. The number of nitrogens with zero attached hydrogens (tertiary/aromatic N) is 2. The SMILES string of the molecule is c1ccc(-c2nc3ccccc3nc2-c2ccc(-c3c4ccccc4c(-c4ccc5c(c4)C4(c6ccccc6-c6ccccc64)c4ccccc4C54c5ccccc5-c5ccccc54)c4ccccc34)cc2)cc1. The Morgan fingerprint density at radius 3 is 0.986 bits per heavy atom. The predicted molar refractivity (Wildman–Crippen MR) is 304 cm³/mol. The van der Waals surface area contributed by atoms with Gasteiger partial charge in [0.25, 0.3) is 0 Å². The van der Waals surface area contributed by atoms with Crippen molar-refractivity contribution in [2.45, 2.75) is 10.8 Å². The molecule has 2 heteroatoms. The van der Waals surface area contributed by atoms with Gasteiger partial charge in [0.15, 0.2) is 0 Å². The summed E-state index contributed by atoms with van der Waals surface area (Å²) in [5.41, 5.74) is 25.2. The molecule has 0 N–H and O–H groups in total. The van der Waals surface area contributed by atoms with Gasteiger partial charge >= 0.3 is 0 Å². The van der Waals surface area contributed by atoms with Gasteiger partial charge < -0.3 is 0 Å². The summed E-state index contributed by atoms with van der Waals surface area (Å²) in [6.45, 7) is 0. The molecule has 0 bridgehead atoms. The van der Waals surface area contributed by atoms with Crippen LogP contribution in [0, 0.1) is 0 Å². The van der Waals surface area contributed by atoms with Crippen LogP contribution in [0.15, 0.2) is 267 Å². The summed E-state index contributed by atoms with van der Waals surface area (Å²) in [6.07, 6.45) is 0. The quantitative estimate of drug-likeness (QED) is 0.164. The van der Waals surface area contributed by atoms with E-state index in [1.165, 1.54) is 105 Å². The highest BCUT2D eigenvalue weighted by Gasteiger charge is 2.59. The second-order valence-corrected chi connectivity index (χ2v) is 20.2. The number of rotatable bonds is 4. The first-order chi connectivity index (χ1) is 36.7. The van der Waals surface area contributed by atoms with Crippen LogP contribution < -0.4 is 0 Å². The molecule has 12 aromatic carbocycles. The molecule has 2 spiro atoms. The molecule has 16 rings (SSSR count). The second kappa shape index (κ2) is 15.5. The van der Waals surface area contributed by atoms with Crippen LogP contribution in [0.25, 0.3) is 99.6 Å². The number of benzene rings is 12. The van der Waals surface area contributed by atoms with E-state index in [1.54, 1.807) is 0 Å². The van der Waals surface area contributed by atoms with Crippen LogP contribution in [0.2, 0.25) is 0 Å². The average Bonchev–Trinajstić information content (AvgIpc) is 3.94. The minimum Gasteiger partial charge on any atom is -0.244 e. The third-order valence-electron chi connectivity index (χ3n) is 16.8. The minimum atomic E-state index is -0.587. The first kappa shape index (κ1) is 41.2. The minimum absolute atomic E-state index is 0.546. The zero-order valence-electron chi connectivity index (χ0n) is 40.3. The van der Waals surface area contributed by atoms with Gasteiger partial charge in [-0.2, -0.15) is 0 Å². The Hall–Kier alpha value is -9.50. The Morgan fingerprint density at radius 2 is 0.527 bits per heavy atom. The van der Waals surface area contributed by atoms with Gasteiger partial charge in [0, 0.05) is 11.1 Å². The smallest absolute Gasteiger partial charge is 0.0973 e. The highest BCUT2D eigenvalue weighted by molar-refractivity contribution is 6.21. The molecule has 1 aromatic heterocycles. The van der Waals surface area contributed by atoms with Gasteiger partial charge in [0.05, 0.1) is 33.3 Å². The van der Waals surface area contributed by atoms with Crippen LogP contribution in [0.1, 0.15) is 44.5 Å². The first-order valence-electron chi connectivity index (χ1n) is 25.7. The van der Waals surface area contributed by atoms with E-state index in [9.17, 15) is 0 Å². The zero-order valence-corrected chi connectivity index (χ0v) is 40.3. The van der Waals surface area contributed by atoms with E-state index in [1.807, 2.05) is 30.3 Å². The maximum Gasteiger partial charge on any atom is 0.0973 e. The Labute approximate surface area is 429 Å². The van der Waals surface area contributed by atoms with E-state index in [0.717, 1.165) is 39.1 Å². The lowest BCUT2D eigenvalue weighted by Crippen LogP contribution is -2.43. The van der Waals surface area contributed by atoms with Crippen LogP contribution in [0.5, 0.6) is 0 Å². The van der Waals surface area contributed by atoms with E-state index in [0.29, 0.717) is 0 Å². The molecule has 0 radical (unpaired) electrons. The molecule has 0 amide bonds. The Balaban J connectivity index is 0.957. The van der Waals surface area contributed by atoms with Crippen molar-refractivity contribution < 1.29 is 0 Å². The Kier molecular flexibility index (Phi) is 8.62. The molecule has 0 fully saturated rings. The zero-order chi connectivity index (χ0) is 48.5. The van der Waals surface area contributed by atoms with Crippen molar-refractivity contribution in [1.29, 1.82) is 0 Å². The van der Waals surface area contributed by atoms with Crippen molar-refractivity contribution in [3.8, 4) is 67.0 Å². The molecule has 2 nitrogen and oxygen atoms in total. The molecule has 74 heavy (non-hydrogen) atoms. The Morgan fingerprint density at radius 1 is 0.216 bits per heavy atom. The molecular formula is C72H44N2. The molecule has 0 saturated carbocycles. The fourth-order valence-corrected chi connectivity index (χ4v) is 13.9. The number of para-hydroxylation sites is 2. The predicted octanol–water partition coefficient (Wildman–Crippen LogP) is 17.6. The van der Waals surface area contributed by atoms with Crippen LogP contribution in [0.4, 0.5) is 0 Å². The van der Waals surface area contributed by atoms with Crippen molar-refractivity contribution in [2.75, 3.05) is 0 Å². The molecule has 0 unspecified atom stereocenters. The highest BCUT2D eigenvalue weighted by Crippen LogP contribution is 2.68. The number of aromatic nitrogens is 2. The molecule has 3 aliphatic rings. The van der Waals surface area contributed by atoms with E-state index in [-0.39, 0.29) is 0 Å². The van der Waals surface area contributed by atoms with Crippen LogP contribution >= 0.6 is 0 Å². The summed E-state index contributed by atoms with van der Waals surface area (Å²) < 4.78 is 0. The van der Waals surface area contributed by atoms with E-state index in [4.69, 9.17) is 9.97 Å². The summed E-state index contributed by atoms with van der Waals surface area (Å²) in [7, 11) is 0. The summed E-state index contributed by atoms with van der Waals surface area (Å²) >= 11 is 0. The summed E-state index contributed by atoms with van der Waals surface area (Å²) in [4.78, 5) is 10.4. The van der Waals surface area contributed by atoms with Gasteiger partial charge in [-0.15, -0.1) is 0 Å². The van der Waals surface area contributed by atoms with Crippen LogP contribution in [0.3, 0.4) is 0 Å². The fraction of sp³-hybridized carbons (Fsp3) is 0.0278. The summed E-state index contributed by atoms with van der Waals surface area (Å²) in [6, 6.07) is 99.3. The van der Waals surface area contributed by atoms with Crippen molar-refractivity contribution in [1.82, 2.24) is 9.97 Å². The van der Waals surface area contributed by atoms with Crippen LogP contribution in [-0.2, 0) is 10.8 Å². The lowest BCUT2D eigenvalue weighted by molar-refractivity contribution is 0.633. The molecular weight excluding hydrogens is 893 g/mol. The van der Waals surface area contributed by atoms with Gasteiger partial charge in [-0.3, -0.25) is 0 Å². The third kappa shape index (κ3) is 5.39. The van der Waals surface area contributed by atoms with Gasteiger partial charge in [0.2, 0.25) is 0 Å². The van der Waals surface area contributed by atoms with Gasteiger partial charge in [-0.05, 0) is 129 Å². The average molecular weight is 937 g/mol. The maximum atomic E-state index is 5.25. The lowest BCUT2D eigenvalue weighted by Gasteiger charge is -2.49. The summed E-state index contributed by atoms with van der Waals surface area (Å²) in [5, 5.41) is 4.88. The largest absolute Gasteiger partial charge is 0.244 e. The maximum absolute atomic E-state index is 5.25. The molecule has 0 atom stereocenters. The van der Waals surface area contributed by atoms with E-state index in [2.05, 4.69) is 237 Å². The van der Waals surface area contributed by atoms with Gasteiger partial charge in [-0.1, -0.05) is 249 Å². The third-order valence-corrected chi connectivity index (χ3v) is 16.8. The van der Waals surface area contributed by atoms with Crippen molar-refractivity contribution in [2.24, 2.45) is 0 Å². The van der Waals surface area contributed by atoms with Gasteiger partial charge in [-0.25, -0.2) is 9.97 Å². The standard InChI is InChI=1S/C72H44N2/c1-2-20-46(21-3-1)69-70(74-66-37-19-18-36-65(66)73-69)47-40-38-45(39-41-47)67-53-26-4-6-28-55(53)68(56-29-7-5-27-54(56)67)48-42-43-63-64(44-48)72(59-32-14-10-24-51(59)52-25-11-15-33-60(52)72)62-35-17-16-34-61(62)71(63)57-30-12-8-22-49(57)50-23-9-13-31-58(50)71/h1-44H. The molecule has 3 aliphatic carbocycles. The lowest BCUT2D eigenvalue weighted by atomic mass is 9.52. The number of hydrogen-bond donors (Lipinski definition) is 0. The monoisotopic (exact) mass is 936 g/mol. The van der Waals surface area contributed by atoms with Crippen molar-refractivity contribution >= 4 is 32.6 Å². The highest BCUT2D eigenvalue weighted by atomic mass is 14.8. The van der Waals surface area contributed by atoms with Crippen molar-refractivity contribution in [3.63, 3.8) is 0 Å². The van der Waals surface area contributed by atoms with Crippen molar-refractivity contribution in [3.05, 3.63) is 311 Å². The molecule has 1 heterocycles. The molecule has 13 aromatic rings. The number of fused-ring (bicyclic) bond motifs is 19. The number of hydrogen-bond acceptors (Lipinski definition) is 2. The van der Waals surface area contributed by atoms with E-state index < -0.39 is 10.8 Å². The topological polar surface area (TPSA) is 25.8 Å². The van der Waals surface area contributed by atoms with E-state index >= 15 is 0 Å². The summed E-state index contributed by atoms with van der Waals surface area (Å²) in [5.74, 6) is 0. The second-order valence-electron chi connectivity index (χ2n) is 20.2. The normalized spacial score (nSPS) is 13.9. The fourth-order valence-electron chi connectivity index (χ4n) is 13.9. The van der Waals surface area contributed by atoms with Gasteiger partial charge in [0.1, 0.15) is 0 Å².